The van der Waals surface area contributed by atoms with E-state index in [4.69, 9.17) is 15.7 Å². The molecule has 1 aliphatic carbocycles. The van der Waals surface area contributed by atoms with Crippen molar-refractivity contribution in [1.82, 2.24) is 19.9 Å². The number of hydrogen-bond donors (Lipinski definition) is 3. The fourth-order valence-corrected chi connectivity index (χ4v) is 7.02. The van der Waals surface area contributed by atoms with Crippen LogP contribution in [-0.2, 0) is 0 Å². The van der Waals surface area contributed by atoms with Crippen LogP contribution in [0.25, 0.3) is 21.9 Å². The Hall–Kier alpha value is -1.95. The molecular formula is C20H19BrFN7S2. The highest BCUT2D eigenvalue weighted by molar-refractivity contribution is 9.10. The number of hydrogen-bond acceptors (Lipinski definition) is 8. The third kappa shape index (κ3) is 3.21. The molecule has 3 unspecified atom stereocenters. The Morgan fingerprint density at radius 2 is 2.19 bits per heavy atom. The van der Waals surface area contributed by atoms with Gasteiger partial charge in [-0.15, -0.1) is 11.3 Å². The van der Waals surface area contributed by atoms with Crippen molar-refractivity contribution >= 4 is 72.5 Å². The largest absolute Gasteiger partial charge is 0.386 e. The summed E-state index contributed by atoms with van der Waals surface area (Å²) in [6.07, 6.45) is 1.05. The summed E-state index contributed by atoms with van der Waals surface area (Å²) in [6, 6.07) is 3.30. The van der Waals surface area contributed by atoms with E-state index in [1.165, 1.54) is 29.2 Å². The molecule has 2 aliphatic rings. The minimum absolute atomic E-state index is 0.255. The maximum Gasteiger partial charge on any atom is 0.198 e. The monoisotopic (exact) mass is 519 g/mol. The zero-order valence-electron chi connectivity index (χ0n) is 16.5. The van der Waals surface area contributed by atoms with Crippen molar-refractivity contribution in [2.75, 3.05) is 30.4 Å². The number of aromatic nitrogens is 4. The highest BCUT2D eigenvalue weighted by Gasteiger charge is 2.46. The zero-order valence-corrected chi connectivity index (χ0v) is 19.7. The Balaban J connectivity index is 1.54. The smallest absolute Gasteiger partial charge is 0.198 e. The third-order valence-electron chi connectivity index (χ3n) is 6.30. The number of thiazole rings is 1. The number of fused-ring (bicyclic) bond motifs is 4. The number of nitrogens with two attached hydrogens (primary N) is 1. The fourth-order valence-electron chi connectivity index (χ4n) is 4.79. The Labute approximate surface area is 194 Å². The molecular weight excluding hydrogens is 501 g/mol. The van der Waals surface area contributed by atoms with Crippen LogP contribution in [-0.4, -0.2) is 46.1 Å². The van der Waals surface area contributed by atoms with Crippen molar-refractivity contribution in [3.63, 3.8) is 0 Å². The molecule has 3 aromatic heterocycles. The first-order valence-corrected chi connectivity index (χ1v) is 12.5. The molecule has 4 heterocycles. The molecule has 6 rings (SSSR count). The summed E-state index contributed by atoms with van der Waals surface area (Å²) in [7, 11) is 1.79. The molecule has 1 saturated carbocycles. The summed E-state index contributed by atoms with van der Waals surface area (Å²) in [6.45, 7) is 1.78. The molecule has 7 nitrogen and oxygen atoms in total. The van der Waals surface area contributed by atoms with Crippen molar-refractivity contribution in [2.24, 2.45) is 17.6 Å². The van der Waals surface area contributed by atoms with Crippen LogP contribution in [0.1, 0.15) is 6.42 Å². The van der Waals surface area contributed by atoms with Gasteiger partial charge in [-0.05, 0) is 58.1 Å². The van der Waals surface area contributed by atoms with Crippen molar-refractivity contribution in [2.45, 2.75) is 22.0 Å². The molecule has 0 bridgehead atoms. The third-order valence-corrected chi connectivity index (χ3v) is 8.82. The van der Waals surface area contributed by atoms with Crippen molar-refractivity contribution in [3.8, 4) is 0 Å². The SMILES string of the molecule is CNc1cc(F)cc2c1[nH]c1nc(Sc3nc(Br)cs3)nc(N3CC4CC(N)C4C3)c12. The number of rotatable bonds is 4. The summed E-state index contributed by atoms with van der Waals surface area (Å²) < 4.78 is 16.1. The maximum absolute atomic E-state index is 14.4. The predicted molar refractivity (Wildman–Crippen MR) is 127 cm³/mol. The van der Waals surface area contributed by atoms with E-state index in [1.54, 1.807) is 13.1 Å². The number of halogens is 2. The Morgan fingerprint density at radius 1 is 1.32 bits per heavy atom. The highest BCUT2D eigenvalue weighted by atomic mass is 79.9. The van der Waals surface area contributed by atoms with E-state index in [1.807, 2.05) is 5.38 Å². The van der Waals surface area contributed by atoms with Gasteiger partial charge in [-0.1, -0.05) is 0 Å². The van der Waals surface area contributed by atoms with E-state index in [9.17, 15) is 4.39 Å². The summed E-state index contributed by atoms with van der Waals surface area (Å²) in [5.41, 5.74) is 8.46. The van der Waals surface area contributed by atoms with Gasteiger partial charge < -0.3 is 20.9 Å². The average molecular weight is 520 g/mol. The molecule has 1 saturated heterocycles. The standard InChI is InChI=1S/C20H19BrFN7S2/c1-24-13-4-9(22)3-10-15-17(26-16(10)13)27-19(31-20-25-14(21)7-30-20)28-18(15)29-5-8-2-12(23)11(8)6-29/h3-4,7-8,11-12,24H,2,5-6,23H2,1H3,(H,26,27,28). The van der Waals surface area contributed by atoms with Crippen LogP contribution < -0.4 is 16.0 Å². The Kier molecular flexibility index (Phi) is 4.64. The fraction of sp³-hybridized carbons (Fsp3) is 0.350. The lowest BCUT2D eigenvalue weighted by atomic mass is 9.72. The first-order valence-electron chi connectivity index (χ1n) is 10.0. The van der Waals surface area contributed by atoms with E-state index < -0.39 is 0 Å². The second-order valence-electron chi connectivity index (χ2n) is 8.07. The number of aromatic amines is 1. The maximum atomic E-state index is 14.4. The topological polar surface area (TPSA) is 95.8 Å². The van der Waals surface area contributed by atoms with Gasteiger partial charge in [-0.25, -0.2) is 19.3 Å². The van der Waals surface area contributed by atoms with Crippen LogP contribution in [0.2, 0.25) is 0 Å². The number of anilines is 2. The first-order chi connectivity index (χ1) is 15.0. The van der Waals surface area contributed by atoms with Gasteiger partial charge >= 0.3 is 0 Å². The highest BCUT2D eigenvalue weighted by Crippen LogP contribution is 2.44. The lowest BCUT2D eigenvalue weighted by Gasteiger charge is -2.36. The first kappa shape index (κ1) is 19.7. The van der Waals surface area contributed by atoms with E-state index >= 15 is 0 Å². The summed E-state index contributed by atoms with van der Waals surface area (Å²) in [5, 5.41) is 7.27. The zero-order chi connectivity index (χ0) is 21.3. The van der Waals surface area contributed by atoms with Gasteiger partial charge in [-0.2, -0.15) is 0 Å². The van der Waals surface area contributed by atoms with Gasteiger partial charge in [0.2, 0.25) is 0 Å². The molecule has 31 heavy (non-hydrogen) atoms. The molecule has 0 spiro atoms. The van der Waals surface area contributed by atoms with E-state index in [0.717, 1.165) is 50.6 Å². The van der Waals surface area contributed by atoms with Gasteiger partial charge in [0.25, 0.3) is 0 Å². The second kappa shape index (κ2) is 7.29. The van der Waals surface area contributed by atoms with Gasteiger partial charge in [0.15, 0.2) is 9.50 Å². The van der Waals surface area contributed by atoms with E-state index in [2.05, 4.69) is 36.1 Å². The van der Waals surface area contributed by atoms with Gasteiger partial charge in [0.05, 0.1) is 16.6 Å². The van der Waals surface area contributed by atoms with Crippen LogP contribution in [0.5, 0.6) is 0 Å². The number of nitrogens with zero attached hydrogens (tertiary/aromatic N) is 4. The normalized spacial score (nSPS) is 22.8. The second-order valence-corrected chi connectivity index (χ2v) is 11.0. The molecule has 11 heteroatoms. The Morgan fingerprint density at radius 3 is 2.90 bits per heavy atom. The molecule has 4 N–H and O–H groups in total. The van der Waals surface area contributed by atoms with Gasteiger partial charge in [0.1, 0.15) is 21.9 Å². The van der Waals surface area contributed by atoms with Crippen LogP contribution in [0, 0.1) is 17.7 Å². The van der Waals surface area contributed by atoms with Crippen LogP contribution in [0.15, 0.2) is 31.6 Å². The number of benzene rings is 1. The molecule has 0 amide bonds. The van der Waals surface area contributed by atoms with E-state index in [0.29, 0.717) is 28.3 Å². The lowest BCUT2D eigenvalue weighted by Crippen LogP contribution is -2.46. The van der Waals surface area contributed by atoms with Gasteiger partial charge in [0, 0.05) is 36.9 Å². The van der Waals surface area contributed by atoms with Crippen LogP contribution in [0.4, 0.5) is 15.9 Å². The minimum atomic E-state index is -0.293. The predicted octanol–water partition coefficient (Wildman–Crippen LogP) is 4.45. The molecule has 3 atom stereocenters. The molecule has 4 aromatic rings. The molecule has 1 aliphatic heterocycles. The summed E-state index contributed by atoms with van der Waals surface area (Å²) in [4.78, 5) is 19.9. The molecule has 160 valence electrons. The van der Waals surface area contributed by atoms with Crippen molar-refractivity contribution in [1.29, 1.82) is 0 Å². The van der Waals surface area contributed by atoms with Gasteiger partial charge in [-0.3, -0.25) is 0 Å². The molecule has 2 fully saturated rings. The summed E-state index contributed by atoms with van der Waals surface area (Å²) in [5.74, 6) is 1.63. The van der Waals surface area contributed by atoms with Crippen molar-refractivity contribution < 1.29 is 4.39 Å². The van der Waals surface area contributed by atoms with E-state index in [-0.39, 0.29) is 11.9 Å². The number of H-pyrrole nitrogens is 1. The average Bonchev–Trinajstić information content (AvgIpc) is 3.41. The number of nitrogens with one attached hydrogen (secondary N) is 2. The molecule has 1 aromatic carbocycles. The van der Waals surface area contributed by atoms with Crippen LogP contribution >= 0.6 is 39.0 Å². The Bertz CT molecular complexity index is 1320. The van der Waals surface area contributed by atoms with Crippen LogP contribution in [0.3, 0.4) is 0 Å². The quantitative estimate of drug-likeness (QED) is 0.343. The summed E-state index contributed by atoms with van der Waals surface area (Å²) >= 11 is 6.37. The van der Waals surface area contributed by atoms with Crippen molar-refractivity contribution in [3.05, 3.63) is 27.9 Å². The lowest BCUT2D eigenvalue weighted by molar-refractivity contribution is 0.194. The molecule has 0 radical (unpaired) electrons. The minimum Gasteiger partial charge on any atom is -0.386 e.